The third-order valence-electron chi connectivity index (χ3n) is 9.64. The van der Waals surface area contributed by atoms with Crippen molar-refractivity contribution < 1.29 is 9.59 Å². The van der Waals surface area contributed by atoms with E-state index in [-0.39, 0.29) is 35.2 Å². The van der Waals surface area contributed by atoms with E-state index in [2.05, 4.69) is 84.5 Å². The van der Waals surface area contributed by atoms with E-state index < -0.39 is 5.66 Å². The molecule has 0 unspecified atom stereocenters. The maximum atomic E-state index is 14.7. The number of nitrogens with one attached hydrogen (secondary N) is 2. The number of carbonyl (C=O) groups excluding carboxylic acids is 2. The number of H-pyrrole nitrogens is 1. The Bertz CT molecular complexity index is 1500. The molecule has 0 radical (unpaired) electrons. The molecule has 246 valence electrons. The standard InChI is InChI=1S/C36H50N8O2/c1-34(2,3)20-19-29(26-13-15-27(16-14-26)32(45)37-23-30-39-41-42-40-30)44-33(46)31(43(7)24-25-11-9-8-10-12-25)38-36(44)21-17-28(18-22-36)35(4,5)6/h8-16,28-29H,17-24H2,1-7H3,(H,37,45)(H,39,40,41,42)/t28?,29-,36?/m1/s1. The number of amides is 2. The van der Waals surface area contributed by atoms with Crippen LogP contribution < -0.4 is 5.32 Å². The Labute approximate surface area is 273 Å². The van der Waals surface area contributed by atoms with Crippen LogP contribution in [0.2, 0.25) is 0 Å². The van der Waals surface area contributed by atoms with Crippen LogP contribution in [0.3, 0.4) is 0 Å². The minimum atomic E-state index is -0.595. The van der Waals surface area contributed by atoms with Crippen molar-refractivity contribution in [1.82, 2.24) is 35.7 Å². The van der Waals surface area contributed by atoms with Crippen molar-refractivity contribution >= 4 is 17.6 Å². The summed E-state index contributed by atoms with van der Waals surface area (Å²) in [4.78, 5) is 37.1. The van der Waals surface area contributed by atoms with Gasteiger partial charge in [0.1, 0.15) is 5.66 Å². The largest absolute Gasteiger partial charge is 0.351 e. The SMILES string of the molecule is CN(Cc1ccccc1)C1=NC2(CCC(C(C)(C)C)CC2)N([C@H](CCC(C)(C)C)c2ccc(C(=O)NCc3nn[nH]n3)cc2)C1=O. The Kier molecular flexibility index (Phi) is 9.65. The molecule has 3 aromatic rings. The monoisotopic (exact) mass is 626 g/mol. The summed E-state index contributed by atoms with van der Waals surface area (Å²) in [6.45, 7) is 14.5. The zero-order valence-electron chi connectivity index (χ0n) is 28.5. The van der Waals surface area contributed by atoms with Gasteiger partial charge in [-0.1, -0.05) is 89.2 Å². The molecule has 2 N–H and O–H groups in total. The van der Waals surface area contributed by atoms with Gasteiger partial charge in [0, 0.05) is 19.2 Å². The van der Waals surface area contributed by atoms with E-state index in [1.165, 1.54) is 0 Å². The second-order valence-electron chi connectivity index (χ2n) is 15.3. The maximum absolute atomic E-state index is 14.7. The molecule has 0 saturated heterocycles. The minimum absolute atomic E-state index is 0.00604. The highest BCUT2D eigenvalue weighted by atomic mass is 16.2. The number of amidine groups is 1. The highest BCUT2D eigenvalue weighted by Gasteiger charge is 2.53. The molecule has 1 saturated carbocycles. The van der Waals surface area contributed by atoms with Crippen molar-refractivity contribution in [3.8, 4) is 0 Å². The molecule has 2 aromatic carbocycles. The van der Waals surface area contributed by atoms with Crippen LogP contribution in [0.4, 0.5) is 0 Å². The summed E-state index contributed by atoms with van der Waals surface area (Å²) < 4.78 is 0. The molecule has 1 atom stereocenters. The topological polar surface area (TPSA) is 119 Å². The van der Waals surface area contributed by atoms with Crippen molar-refractivity contribution in [1.29, 1.82) is 0 Å². The van der Waals surface area contributed by atoms with E-state index in [1.807, 2.05) is 54.4 Å². The average Bonchev–Trinajstić information content (AvgIpc) is 3.63. The van der Waals surface area contributed by atoms with Crippen molar-refractivity contribution in [2.24, 2.45) is 21.7 Å². The van der Waals surface area contributed by atoms with E-state index in [0.29, 0.717) is 29.7 Å². The van der Waals surface area contributed by atoms with Gasteiger partial charge in [0.05, 0.1) is 12.6 Å². The lowest BCUT2D eigenvalue weighted by Gasteiger charge is -2.47. The normalized spacial score (nSPS) is 20.9. The molecule has 2 heterocycles. The van der Waals surface area contributed by atoms with Gasteiger partial charge in [0.2, 0.25) is 0 Å². The molecule has 1 aliphatic heterocycles. The fourth-order valence-corrected chi connectivity index (χ4v) is 6.90. The van der Waals surface area contributed by atoms with Crippen molar-refractivity contribution in [2.45, 2.75) is 105 Å². The van der Waals surface area contributed by atoms with Crippen LogP contribution in [0.15, 0.2) is 59.6 Å². The Morgan fingerprint density at radius 1 is 1.04 bits per heavy atom. The van der Waals surface area contributed by atoms with Gasteiger partial charge in [-0.3, -0.25) is 9.59 Å². The van der Waals surface area contributed by atoms with Gasteiger partial charge < -0.3 is 15.1 Å². The van der Waals surface area contributed by atoms with Gasteiger partial charge in [-0.2, -0.15) is 5.21 Å². The van der Waals surface area contributed by atoms with E-state index in [4.69, 9.17) is 4.99 Å². The number of nitrogens with zero attached hydrogens (tertiary/aromatic N) is 6. The van der Waals surface area contributed by atoms with E-state index in [0.717, 1.165) is 49.7 Å². The van der Waals surface area contributed by atoms with Gasteiger partial charge in [-0.05, 0) is 78.5 Å². The van der Waals surface area contributed by atoms with Crippen molar-refractivity contribution in [3.63, 3.8) is 0 Å². The number of tetrazole rings is 1. The molecule has 1 spiro atoms. The first-order chi connectivity index (χ1) is 21.8. The van der Waals surface area contributed by atoms with Crippen LogP contribution in [0.5, 0.6) is 0 Å². The number of rotatable bonds is 9. The molecule has 2 amide bonds. The summed E-state index contributed by atoms with van der Waals surface area (Å²) in [5.74, 6) is 1.31. The number of aromatic nitrogens is 4. The molecular weight excluding hydrogens is 576 g/mol. The highest BCUT2D eigenvalue weighted by Crippen LogP contribution is 2.50. The van der Waals surface area contributed by atoms with Crippen LogP contribution in [0, 0.1) is 16.7 Å². The molecule has 0 bridgehead atoms. The summed E-state index contributed by atoms with van der Waals surface area (Å²) in [7, 11) is 1.98. The second-order valence-corrected chi connectivity index (χ2v) is 15.3. The number of hydrogen-bond donors (Lipinski definition) is 2. The molecule has 10 heteroatoms. The van der Waals surface area contributed by atoms with Gasteiger partial charge >= 0.3 is 0 Å². The number of likely N-dealkylation sites (N-methyl/N-ethyl adjacent to an activating group) is 1. The lowest BCUT2D eigenvalue weighted by Crippen LogP contribution is -2.52. The molecular formula is C36H50N8O2. The molecule has 1 aromatic heterocycles. The van der Waals surface area contributed by atoms with Crippen LogP contribution in [0.25, 0.3) is 0 Å². The van der Waals surface area contributed by atoms with Crippen LogP contribution in [-0.4, -0.2) is 60.8 Å². The lowest BCUT2D eigenvalue weighted by atomic mass is 9.69. The number of aliphatic imine (C=N–C) groups is 1. The maximum Gasteiger partial charge on any atom is 0.291 e. The van der Waals surface area contributed by atoms with Gasteiger partial charge in [0.25, 0.3) is 11.8 Å². The number of aromatic amines is 1. The summed E-state index contributed by atoms with van der Waals surface area (Å²) in [5, 5.41) is 16.6. The Hall–Kier alpha value is -4.08. The fourth-order valence-electron chi connectivity index (χ4n) is 6.90. The Morgan fingerprint density at radius 3 is 2.30 bits per heavy atom. The highest BCUT2D eigenvalue weighted by molar-refractivity contribution is 6.39. The van der Waals surface area contributed by atoms with Gasteiger partial charge in [-0.15, -0.1) is 10.2 Å². The average molecular weight is 627 g/mol. The summed E-state index contributed by atoms with van der Waals surface area (Å²) in [6.07, 6.45) is 5.46. The first-order valence-corrected chi connectivity index (χ1v) is 16.5. The molecule has 2 aliphatic rings. The van der Waals surface area contributed by atoms with E-state index in [1.54, 1.807) is 0 Å². The molecule has 10 nitrogen and oxygen atoms in total. The quantitative estimate of drug-likeness (QED) is 0.288. The number of benzene rings is 2. The van der Waals surface area contributed by atoms with Crippen LogP contribution in [0.1, 0.15) is 113 Å². The number of hydrogen-bond acceptors (Lipinski definition) is 7. The predicted octanol–water partition coefficient (Wildman–Crippen LogP) is 6.30. The van der Waals surface area contributed by atoms with Gasteiger partial charge in [-0.25, -0.2) is 4.99 Å². The van der Waals surface area contributed by atoms with E-state index in [9.17, 15) is 9.59 Å². The van der Waals surface area contributed by atoms with Crippen molar-refractivity contribution in [2.75, 3.05) is 7.05 Å². The summed E-state index contributed by atoms with van der Waals surface area (Å²) in [5.41, 5.74) is 2.39. The van der Waals surface area contributed by atoms with Crippen molar-refractivity contribution in [3.05, 3.63) is 77.1 Å². The lowest BCUT2D eigenvalue weighted by molar-refractivity contribution is -0.134. The minimum Gasteiger partial charge on any atom is -0.351 e. The fraction of sp³-hybridized carbons (Fsp3) is 0.556. The first kappa shape index (κ1) is 33.3. The molecule has 1 fully saturated rings. The summed E-state index contributed by atoms with van der Waals surface area (Å²) >= 11 is 0. The van der Waals surface area contributed by atoms with E-state index >= 15 is 0 Å². The third-order valence-corrected chi connectivity index (χ3v) is 9.64. The Balaban J connectivity index is 1.46. The van der Waals surface area contributed by atoms with Crippen LogP contribution >= 0.6 is 0 Å². The smallest absolute Gasteiger partial charge is 0.291 e. The molecule has 5 rings (SSSR count). The first-order valence-electron chi connectivity index (χ1n) is 16.5. The molecule has 46 heavy (non-hydrogen) atoms. The second kappa shape index (κ2) is 13.3. The Morgan fingerprint density at radius 2 is 1.72 bits per heavy atom. The zero-order valence-corrected chi connectivity index (χ0v) is 28.5. The third kappa shape index (κ3) is 7.65. The van der Waals surface area contributed by atoms with Gasteiger partial charge in [0.15, 0.2) is 11.7 Å². The van der Waals surface area contributed by atoms with Crippen LogP contribution in [-0.2, 0) is 17.9 Å². The predicted molar refractivity (Wildman–Crippen MR) is 180 cm³/mol. The molecule has 1 aliphatic carbocycles. The number of carbonyl (C=O) groups is 2. The summed E-state index contributed by atoms with van der Waals surface area (Å²) in [6, 6.07) is 17.8. The zero-order chi connectivity index (χ0) is 33.1.